The van der Waals surface area contributed by atoms with Crippen LogP contribution in [-0.4, -0.2) is 35.7 Å². The van der Waals surface area contributed by atoms with Gasteiger partial charge in [-0.25, -0.2) is 4.79 Å². The van der Waals surface area contributed by atoms with E-state index in [9.17, 15) is 18.0 Å². The lowest BCUT2D eigenvalue weighted by molar-refractivity contribution is -0.137. The zero-order valence-corrected chi connectivity index (χ0v) is 12.1. The fourth-order valence-electron chi connectivity index (χ4n) is 1.75. The van der Waals surface area contributed by atoms with Crippen molar-refractivity contribution in [3.8, 4) is 0 Å². The van der Waals surface area contributed by atoms with Gasteiger partial charge in [0.1, 0.15) is 0 Å². The summed E-state index contributed by atoms with van der Waals surface area (Å²) in [4.78, 5) is 12.1. The molecule has 0 bridgehead atoms. The van der Waals surface area contributed by atoms with E-state index in [-0.39, 0.29) is 31.9 Å². The Labute approximate surface area is 127 Å². The first-order valence-electron chi connectivity index (χ1n) is 6.18. The number of hydrogen-bond acceptors (Lipinski definition) is 2. The van der Waals surface area contributed by atoms with Gasteiger partial charge in [0.15, 0.2) is 0 Å². The van der Waals surface area contributed by atoms with Crippen LogP contribution >= 0.6 is 12.4 Å². The van der Waals surface area contributed by atoms with Crippen LogP contribution in [0.15, 0.2) is 24.3 Å². The number of hydrogen-bond donors (Lipinski definition) is 2. The summed E-state index contributed by atoms with van der Waals surface area (Å²) < 4.78 is 37.6. The minimum absolute atomic E-state index is 0. The van der Waals surface area contributed by atoms with Crippen LogP contribution in [0, 0.1) is 0 Å². The lowest BCUT2D eigenvalue weighted by atomic mass is 10.1. The number of nitrogens with zero attached hydrogens (tertiary/aromatic N) is 1. The van der Waals surface area contributed by atoms with Crippen LogP contribution in [-0.2, 0) is 12.6 Å². The van der Waals surface area contributed by atoms with Crippen molar-refractivity contribution in [3.63, 3.8) is 0 Å². The summed E-state index contributed by atoms with van der Waals surface area (Å²) in [6.07, 6.45) is -4.72. The molecule has 0 unspecified atom stereocenters. The third-order valence-corrected chi connectivity index (χ3v) is 2.83. The number of rotatable bonds is 6. The molecule has 0 fully saturated rings. The highest BCUT2D eigenvalue weighted by Gasteiger charge is 2.30. The van der Waals surface area contributed by atoms with E-state index in [0.717, 1.165) is 17.0 Å². The van der Waals surface area contributed by atoms with E-state index in [2.05, 4.69) is 0 Å². The highest BCUT2D eigenvalue weighted by molar-refractivity contribution is 5.85. The predicted molar refractivity (Wildman–Crippen MR) is 75.7 cm³/mol. The number of carboxylic acid groups (broad SMARTS) is 1. The van der Waals surface area contributed by atoms with Crippen molar-refractivity contribution in [2.45, 2.75) is 19.0 Å². The van der Waals surface area contributed by atoms with Crippen LogP contribution in [0.1, 0.15) is 17.5 Å². The van der Waals surface area contributed by atoms with E-state index in [0.29, 0.717) is 18.5 Å². The molecule has 0 saturated carbocycles. The van der Waals surface area contributed by atoms with E-state index < -0.39 is 17.8 Å². The van der Waals surface area contributed by atoms with Gasteiger partial charge in [-0.3, -0.25) is 0 Å². The maximum absolute atomic E-state index is 12.5. The Bertz CT molecular complexity index is 455. The Morgan fingerprint density at radius 1 is 1.29 bits per heavy atom. The van der Waals surface area contributed by atoms with Crippen molar-refractivity contribution >= 4 is 18.5 Å². The number of nitrogens with two attached hydrogens (primary N) is 1. The molecule has 0 aliphatic heterocycles. The van der Waals surface area contributed by atoms with Gasteiger partial charge in [-0.1, -0.05) is 18.2 Å². The molecule has 120 valence electrons. The van der Waals surface area contributed by atoms with Crippen LogP contribution in [0.2, 0.25) is 0 Å². The van der Waals surface area contributed by atoms with Crippen LogP contribution in [0.4, 0.5) is 18.0 Å². The van der Waals surface area contributed by atoms with Crippen molar-refractivity contribution in [2.24, 2.45) is 5.73 Å². The second-order valence-electron chi connectivity index (χ2n) is 4.36. The second-order valence-corrected chi connectivity index (χ2v) is 4.36. The minimum atomic E-state index is -4.39. The van der Waals surface area contributed by atoms with Crippen molar-refractivity contribution < 1.29 is 23.1 Å². The summed E-state index contributed by atoms with van der Waals surface area (Å²) in [5.74, 6) is 0. The molecular formula is C13H18ClF3N2O2. The molecule has 0 heterocycles. The quantitative estimate of drug-likeness (QED) is 0.844. The summed E-state index contributed by atoms with van der Waals surface area (Å²) in [5, 5.41) is 8.97. The Morgan fingerprint density at radius 3 is 2.48 bits per heavy atom. The molecule has 0 aliphatic carbocycles. The van der Waals surface area contributed by atoms with Gasteiger partial charge >= 0.3 is 12.3 Å². The average Bonchev–Trinajstić information content (AvgIpc) is 2.37. The molecule has 0 atom stereocenters. The molecule has 1 rings (SSSR count). The SMILES string of the molecule is Cl.NCCCN(CCc1cccc(C(F)(F)F)c1)C(=O)O. The highest BCUT2D eigenvalue weighted by Crippen LogP contribution is 2.29. The molecule has 21 heavy (non-hydrogen) atoms. The molecule has 3 N–H and O–H groups in total. The molecule has 0 radical (unpaired) electrons. The van der Waals surface area contributed by atoms with E-state index >= 15 is 0 Å². The first-order chi connectivity index (χ1) is 9.34. The first kappa shape index (κ1) is 19.5. The Hall–Kier alpha value is -1.47. The van der Waals surface area contributed by atoms with Crippen molar-refractivity contribution in [3.05, 3.63) is 35.4 Å². The van der Waals surface area contributed by atoms with Gasteiger partial charge < -0.3 is 15.7 Å². The standard InChI is InChI=1S/C13H17F3N2O2.ClH/c14-13(15,16)11-4-1-3-10(9-11)5-8-18(12(19)20)7-2-6-17;/h1,3-4,9H,2,5-8,17H2,(H,19,20);1H. The topological polar surface area (TPSA) is 66.6 Å². The van der Waals surface area contributed by atoms with Crippen LogP contribution in [0.5, 0.6) is 0 Å². The van der Waals surface area contributed by atoms with E-state index in [4.69, 9.17) is 10.8 Å². The van der Waals surface area contributed by atoms with Gasteiger partial charge in [0, 0.05) is 13.1 Å². The summed E-state index contributed by atoms with van der Waals surface area (Å²) in [7, 11) is 0. The van der Waals surface area contributed by atoms with Gasteiger partial charge in [-0.15, -0.1) is 12.4 Å². The summed E-state index contributed by atoms with van der Waals surface area (Å²) in [5.41, 5.74) is 5.04. The zero-order chi connectivity index (χ0) is 15.2. The van der Waals surface area contributed by atoms with Crippen molar-refractivity contribution in [1.29, 1.82) is 0 Å². The molecule has 0 aromatic heterocycles. The molecule has 8 heteroatoms. The number of halogens is 4. The maximum atomic E-state index is 12.5. The number of alkyl halides is 3. The summed E-state index contributed by atoms with van der Waals surface area (Å²) in [6, 6.07) is 4.91. The predicted octanol–water partition coefficient (Wildman–Crippen LogP) is 3.00. The van der Waals surface area contributed by atoms with E-state index in [1.54, 1.807) is 6.07 Å². The van der Waals surface area contributed by atoms with Crippen LogP contribution < -0.4 is 5.73 Å². The normalized spacial score (nSPS) is 10.9. The molecule has 1 aromatic rings. The average molecular weight is 327 g/mol. The Kier molecular flexibility index (Phi) is 8.12. The fraction of sp³-hybridized carbons (Fsp3) is 0.462. The van der Waals surface area contributed by atoms with E-state index in [1.165, 1.54) is 6.07 Å². The zero-order valence-electron chi connectivity index (χ0n) is 11.3. The fourth-order valence-corrected chi connectivity index (χ4v) is 1.75. The first-order valence-corrected chi connectivity index (χ1v) is 6.18. The third-order valence-electron chi connectivity index (χ3n) is 2.83. The number of amides is 1. The Morgan fingerprint density at radius 2 is 1.95 bits per heavy atom. The van der Waals surface area contributed by atoms with Gasteiger partial charge in [0.25, 0.3) is 0 Å². The smallest absolute Gasteiger partial charge is 0.416 e. The lowest BCUT2D eigenvalue weighted by Crippen LogP contribution is -2.33. The molecule has 1 aromatic carbocycles. The molecular weight excluding hydrogens is 309 g/mol. The molecule has 0 aliphatic rings. The summed E-state index contributed by atoms with van der Waals surface area (Å²) >= 11 is 0. The monoisotopic (exact) mass is 326 g/mol. The van der Waals surface area contributed by atoms with E-state index in [1.807, 2.05) is 0 Å². The van der Waals surface area contributed by atoms with Gasteiger partial charge in [-0.2, -0.15) is 13.2 Å². The van der Waals surface area contributed by atoms with Gasteiger partial charge in [-0.05, 0) is 31.0 Å². The lowest BCUT2D eigenvalue weighted by Gasteiger charge is -2.19. The van der Waals surface area contributed by atoms with Gasteiger partial charge in [0.05, 0.1) is 5.56 Å². The van der Waals surface area contributed by atoms with Crippen molar-refractivity contribution in [1.82, 2.24) is 4.90 Å². The van der Waals surface area contributed by atoms with Crippen molar-refractivity contribution in [2.75, 3.05) is 19.6 Å². The Balaban J connectivity index is 0.00000400. The highest BCUT2D eigenvalue weighted by atomic mass is 35.5. The van der Waals surface area contributed by atoms with Gasteiger partial charge in [0.2, 0.25) is 0 Å². The second kappa shape index (κ2) is 8.74. The third kappa shape index (κ3) is 6.68. The van der Waals surface area contributed by atoms with Crippen LogP contribution in [0.3, 0.4) is 0 Å². The maximum Gasteiger partial charge on any atom is 0.416 e. The minimum Gasteiger partial charge on any atom is -0.465 e. The van der Waals surface area contributed by atoms with Crippen LogP contribution in [0.25, 0.3) is 0 Å². The largest absolute Gasteiger partial charge is 0.465 e. The molecule has 0 saturated heterocycles. The number of benzene rings is 1. The number of carbonyl (C=O) groups is 1. The summed E-state index contributed by atoms with van der Waals surface area (Å²) in [6.45, 7) is 0.800. The molecule has 0 spiro atoms. The molecule has 4 nitrogen and oxygen atoms in total. The molecule has 1 amide bonds.